The standard InChI is InChI=1S/C9H16OS2/c1-4-5-6-9(12-10)11-7-8(2)3/h6,10H,2,4-5,7H2,1,3H3/b9-6-. The van der Waals surface area contributed by atoms with Crippen molar-refractivity contribution in [3.63, 3.8) is 0 Å². The first-order valence-corrected chi connectivity index (χ1v) is 5.75. The highest BCUT2D eigenvalue weighted by atomic mass is 32.2. The molecule has 0 atom stereocenters. The normalized spacial score (nSPS) is 11.8. The third-order valence-corrected chi connectivity index (χ3v) is 3.16. The van der Waals surface area contributed by atoms with E-state index in [1.165, 1.54) is 0 Å². The molecule has 0 aliphatic carbocycles. The quantitative estimate of drug-likeness (QED) is 0.518. The Balaban J connectivity index is 3.74. The molecule has 1 N–H and O–H groups in total. The summed E-state index contributed by atoms with van der Waals surface area (Å²) >= 11 is 2.48. The van der Waals surface area contributed by atoms with Crippen molar-refractivity contribution in [2.75, 3.05) is 5.75 Å². The minimum absolute atomic E-state index is 0.835. The maximum absolute atomic E-state index is 8.86. The van der Waals surface area contributed by atoms with Gasteiger partial charge >= 0.3 is 0 Å². The van der Waals surface area contributed by atoms with Crippen LogP contribution >= 0.6 is 23.8 Å². The first-order valence-electron chi connectivity index (χ1n) is 3.99. The highest BCUT2D eigenvalue weighted by Gasteiger charge is 1.96. The summed E-state index contributed by atoms with van der Waals surface area (Å²) in [7, 11) is 0. The molecule has 0 heterocycles. The van der Waals surface area contributed by atoms with Crippen LogP contribution in [-0.2, 0) is 0 Å². The van der Waals surface area contributed by atoms with Gasteiger partial charge in [0.25, 0.3) is 0 Å². The lowest BCUT2D eigenvalue weighted by Crippen LogP contribution is -1.79. The van der Waals surface area contributed by atoms with Crippen LogP contribution in [0.15, 0.2) is 22.5 Å². The van der Waals surface area contributed by atoms with E-state index in [4.69, 9.17) is 4.55 Å². The van der Waals surface area contributed by atoms with Crippen LogP contribution in [0.3, 0.4) is 0 Å². The molecule has 0 aromatic carbocycles. The van der Waals surface area contributed by atoms with Gasteiger partial charge in [0, 0.05) is 17.8 Å². The molecule has 0 radical (unpaired) electrons. The van der Waals surface area contributed by atoms with E-state index in [9.17, 15) is 0 Å². The van der Waals surface area contributed by atoms with Gasteiger partial charge < -0.3 is 4.55 Å². The minimum Gasteiger partial charge on any atom is -0.325 e. The molecule has 0 aliphatic rings. The molecule has 0 saturated heterocycles. The van der Waals surface area contributed by atoms with E-state index in [0.717, 1.165) is 40.4 Å². The topological polar surface area (TPSA) is 20.2 Å². The average Bonchev–Trinajstić information content (AvgIpc) is 2.05. The lowest BCUT2D eigenvalue weighted by Gasteiger charge is -2.01. The molecule has 0 amide bonds. The van der Waals surface area contributed by atoms with Crippen molar-refractivity contribution >= 4 is 23.8 Å². The zero-order valence-electron chi connectivity index (χ0n) is 7.67. The van der Waals surface area contributed by atoms with Crippen LogP contribution in [-0.4, -0.2) is 10.3 Å². The molecule has 0 unspecified atom stereocenters. The molecule has 0 aliphatic heterocycles. The Morgan fingerprint density at radius 2 is 2.25 bits per heavy atom. The lowest BCUT2D eigenvalue weighted by molar-refractivity contribution is 0.670. The Labute approximate surface area is 83.5 Å². The van der Waals surface area contributed by atoms with E-state index >= 15 is 0 Å². The van der Waals surface area contributed by atoms with Crippen LogP contribution in [0.4, 0.5) is 0 Å². The highest BCUT2D eigenvalue weighted by Crippen LogP contribution is 2.27. The van der Waals surface area contributed by atoms with Gasteiger partial charge in [-0.15, -0.1) is 11.8 Å². The summed E-state index contributed by atoms with van der Waals surface area (Å²) in [6.07, 6.45) is 4.22. The molecule has 3 heteroatoms. The number of rotatable bonds is 6. The van der Waals surface area contributed by atoms with Crippen LogP contribution in [0.2, 0.25) is 0 Å². The highest BCUT2D eigenvalue weighted by molar-refractivity contribution is 8.20. The summed E-state index contributed by atoms with van der Waals surface area (Å²) in [6, 6.07) is 0. The summed E-state index contributed by atoms with van der Waals surface area (Å²) in [5, 5.41) is 0. The Morgan fingerprint density at radius 3 is 2.67 bits per heavy atom. The largest absolute Gasteiger partial charge is 0.325 e. The van der Waals surface area contributed by atoms with Gasteiger partial charge in [0.1, 0.15) is 0 Å². The molecule has 0 saturated carbocycles. The average molecular weight is 204 g/mol. The van der Waals surface area contributed by atoms with Crippen LogP contribution in [0.25, 0.3) is 0 Å². The fourth-order valence-corrected chi connectivity index (χ4v) is 1.78. The Hall–Kier alpha value is 0.140. The predicted octanol–water partition coefficient (Wildman–Crippen LogP) is 4.14. The van der Waals surface area contributed by atoms with Crippen molar-refractivity contribution in [2.45, 2.75) is 26.7 Å². The second kappa shape index (κ2) is 7.77. The van der Waals surface area contributed by atoms with Gasteiger partial charge in [0.15, 0.2) is 0 Å². The van der Waals surface area contributed by atoms with Gasteiger partial charge in [-0.2, -0.15) is 0 Å². The molecular formula is C9H16OS2. The molecule has 70 valence electrons. The van der Waals surface area contributed by atoms with E-state index < -0.39 is 0 Å². The summed E-state index contributed by atoms with van der Waals surface area (Å²) < 4.78 is 9.85. The Kier molecular flexibility index (Phi) is 7.86. The number of hydrogen-bond donors (Lipinski definition) is 1. The lowest BCUT2D eigenvalue weighted by atomic mass is 10.3. The van der Waals surface area contributed by atoms with Crippen LogP contribution in [0.1, 0.15) is 26.7 Å². The maximum atomic E-state index is 8.86. The first-order chi connectivity index (χ1) is 5.70. The molecule has 0 spiro atoms. The molecule has 0 bridgehead atoms. The molecule has 12 heavy (non-hydrogen) atoms. The summed E-state index contributed by atoms with van der Waals surface area (Å²) in [6.45, 7) is 7.92. The predicted molar refractivity (Wildman–Crippen MR) is 60.5 cm³/mol. The van der Waals surface area contributed by atoms with Crippen molar-refractivity contribution in [1.29, 1.82) is 0 Å². The zero-order valence-corrected chi connectivity index (χ0v) is 9.30. The van der Waals surface area contributed by atoms with Crippen LogP contribution in [0, 0.1) is 0 Å². The molecule has 0 fully saturated rings. The summed E-state index contributed by atoms with van der Waals surface area (Å²) in [5.74, 6) is 0.892. The number of allylic oxidation sites excluding steroid dienone is 1. The van der Waals surface area contributed by atoms with Gasteiger partial charge in [-0.25, -0.2) is 0 Å². The second-order valence-electron chi connectivity index (χ2n) is 2.65. The van der Waals surface area contributed by atoms with Crippen molar-refractivity contribution < 1.29 is 4.55 Å². The van der Waals surface area contributed by atoms with Crippen molar-refractivity contribution in [1.82, 2.24) is 0 Å². The number of unbranched alkanes of at least 4 members (excludes halogenated alkanes) is 1. The minimum atomic E-state index is 0.835. The fourth-order valence-electron chi connectivity index (χ4n) is 0.579. The van der Waals surface area contributed by atoms with E-state index in [1.807, 2.05) is 6.92 Å². The summed E-state index contributed by atoms with van der Waals surface area (Å²) in [4.78, 5) is 0. The SMILES string of the molecule is C=C(C)CS/C(=C/CCC)SO. The molecule has 0 aromatic heterocycles. The van der Waals surface area contributed by atoms with Crippen molar-refractivity contribution in [3.05, 3.63) is 22.5 Å². The van der Waals surface area contributed by atoms with Gasteiger partial charge in [0.05, 0.1) is 4.24 Å². The van der Waals surface area contributed by atoms with Gasteiger partial charge in [-0.3, -0.25) is 0 Å². The molecule has 0 aromatic rings. The zero-order chi connectivity index (χ0) is 9.40. The Morgan fingerprint density at radius 1 is 1.58 bits per heavy atom. The van der Waals surface area contributed by atoms with Gasteiger partial charge in [-0.1, -0.05) is 31.6 Å². The third-order valence-electron chi connectivity index (χ3n) is 1.15. The summed E-state index contributed by atoms with van der Waals surface area (Å²) in [5.41, 5.74) is 1.14. The van der Waals surface area contributed by atoms with E-state index in [1.54, 1.807) is 11.8 Å². The van der Waals surface area contributed by atoms with Gasteiger partial charge in [-0.05, 0) is 13.3 Å². The van der Waals surface area contributed by atoms with E-state index in [2.05, 4.69) is 19.6 Å². The van der Waals surface area contributed by atoms with Crippen molar-refractivity contribution in [2.24, 2.45) is 0 Å². The maximum Gasteiger partial charge on any atom is 0.0642 e. The second-order valence-corrected chi connectivity index (χ2v) is 4.55. The number of thioether (sulfide) groups is 1. The fraction of sp³-hybridized carbons (Fsp3) is 0.556. The first kappa shape index (κ1) is 12.1. The monoisotopic (exact) mass is 204 g/mol. The van der Waals surface area contributed by atoms with Gasteiger partial charge in [0.2, 0.25) is 0 Å². The molecule has 1 nitrogen and oxygen atoms in total. The van der Waals surface area contributed by atoms with Crippen LogP contribution < -0.4 is 0 Å². The third kappa shape index (κ3) is 6.83. The molecule has 0 rings (SSSR count). The smallest absolute Gasteiger partial charge is 0.0642 e. The molecular weight excluding hydrogens is 188 g/mol. The van der Waals surface area contributed by atoms with Crippen molar-refractivity contribution in [3.8, 4) is 0 Å². The Bertz CT molecular complexity index is 164. The number of hydrogen-bond acceptors (Lipinski definition) is 3. The van der Waals surface area contributed by atoms with Crippen LogP contribution in [0.5, 0.6) is 0 Å². The van der Waals surface area contributed by atoms with E-state index in [0.29, 0.717) is 0 Å². The van der Waals surface area contributed by atoms with E-state index in [-0.39, 0.29) is 0 Å².